The molecule has 1 saturated carbocycles. The number of allylic oxidation sites excluding steroid dienone is 2. The number of carbonyl (C=O) groups excluding carboxylic acids is 2. The molecule has 2 unspecified atom stereocenters. The van der Waals surface area contributed by atoms with Crippen molar-refractivity contribution in [3.8, 4) is 0 Å². The van der Waals surface area contributed by atoms with Crippen LogP contribution in [-0.2, 0) is 19.1 Å². The quantitative estimate of drug-likeness (QED) is 0.625. The minimum atomic E-state index is -0.771. The number of aliphatic hydroxyl groups excluding tert-OH is 2. The van der Waals surface area contributed by atoms with E-state index in [1.807, 2.05) is 0 Å². The second-order valence-electron chi connectivity index (χ2n) is 10.3. The van der Waals surface area contributed by atoms with Crippen molar-refractivity contribution in [2.24, 2.45) is 23.2 Å². The Balaban J connectivity index is 1.62. The first kappa shape index (κ1) is 22.5. The Kier molecular flexibility index (Phi) is 6.32. The van der Waals surface area contributed by atoms with Gasteiger partial charge in [-0.2, -0.15) is 0 Å². The maximum Gasteiger partial charge on any atom is 0.315 e. The summed E-state index contributed by atoms with van der Waals surface area (Å²) in [4.78, 5) is 25.2. The molecule has 2 N–H and O–H groups in total. The second kappa shape index (κ2) is 8.70. The van der Waals surface area contributed by atoms with Gasteiger partial charge in [0.1, 0.15) is 11.7 Å². The van der Waals surface area contributed by atoms with Crippen LogP contribution in [0.2, 0.25) is 0 Å². The fraction of sp³-hybridized carbons (Fsp3) is 0.760. The number of aliphatic hydroxyl groups is 2. The third-order valence-electron chi connectivity index (χ3n) is 8.15. The van der Waals surface area contributed by atoms with Gasteiger partial charge in [0, 0.05) is 18.3 Å². The van der Waals surface area contributed by atoms with Gasteiger partial charge in [-0.3, -0.25) is 9.59 Å². The van der Waals surface area contributed by atoms with Gasteiger partial charge < -0.3 is 19.7 Å². The predicted molar refractivity (Wildman–Crippen MR) is 115 cm³/mol. The number of hydrogen-bond donors (Lipinski definition) is 2. The molecule has 31 heavy (non-hydrogen) atoms. The number of esters is 2. The van der Waals surface area contributed by atoms with Gasteiger partial charge in [-0.25, -0.2) is 0 Å². The summed E-state index contributed by atoms with van der Waals surface area (Å²) in [7, 11) is 0. The molecule has 1 aliphatic heterocycles. The first-order valence-corrected chi connectivity index (χ1v) is 11.9. The first-order chi connectivity index (χ1) is 14.8. The Morgan fingerprint density at radius 3 is 2.71 bits per heavy atom. The molecule has 0 spiro atoms. The van der Waals surface area contributed by atoms with Crippen LogP contribution >= 0.6 is 0 Å². The Labute approximate surface area is 184 Å². The highest BCUT2D eigenvalue weighted by Gasteiger charge is 2.54. The number of cyclic esters (lactones) is 1. The second-order valence-corrected chi connectivity index (χ2v) is 10.3. The molecule has 6 heteroatoms. The third-order valence-corrected chi connectivity index (χ3v) is 8.15. The van der Waals surface area contributed by atoms with Crippen molar-refractivity contribution in [2.45, 2.75) is 89.4 Å². The highest BCUT2D eigenvalue weighted by molar-refractivity contribution is 5.78. The van der Waals surface area contributed by atoms with Crippen LogP contribution in [0.3, 0.4) is 0 Å². The van der Waals surface area contributed by atoms with Crippen molar-refractivity contribution in [2.75, 3.05) is 6.61 Å². The number of rotatable bonds is 6. The summed E-state index contributed by atoms with van der Waals surface area (Å²) >= 11 is 0. The molecule has 3 aliphatic carbocycles. The van der Waals surface area contributed by atoms with E-state index in [9.17, 15) is 19.8 Å². The minimum Gasteiger partial charge on any atom is -0.462 e. The van der Waals surface area contributed by atoms with Gasteiger partial charge in [0.05, 0.1) is 24.5 Å². The fourth-order valence-electron chi connectivity index (χ4n) is 5.91. The lowest BCUT2D eigenvalue weighted by Crippen LogP contribution is -2.55. The Morgan fingerprint density at radius 1 is 1.29 bits per heavy atom. The third kappa shape index (κ3) is 4.21. The van der Waals surface area contributed by atoms with Gasteiger partial charge in [-0.1, -0.05) is 38.5 Å². The lowest BCUT2D eigenvalue weighted by molar-refractivity contribution is -0.196. The molecule has 4 rings (SSSR count). The summed E-state index contributed by atoms with van der Waals surface area (Å²) in [6.45, 7) is 4.12. The van der Waals surface area contributed by atoms with Crippen LogP contribution in [0.4, 0.5) is 0 Å². The van der Waals surface area contributed by atoms with Crippen LogP contribution in [0.15, 0.2) is 23.8 Å². The van der Waals surface area contributed by atoms with Crippen molar-refractivity contribution in [1.82, 2.24) is 0 Å². The molecule has 0 amide bonds. The van der Waals surface area contributed by atoms with E-state index >= 15 is 0 Å². The van der Waals surface area contributed by atoms with E-state index in [0.29, 0.717) is 38.0 Å². The summed E-state index contributed by atoms with van der Waals surface area (Å²) in [6, 6.07) is 0. The molecular weight excluding hydrogens is 396 g/mol. The van der Waals surface area contributed by atoms with Crippen LogP contribution < -0.4 is 0 Å². The van der Waals surface area contributed by atoms with Crippen molar-refractivity contribution in [3.63, 3.8) is 0 Å². The molecule has 4 aliphatic rings. The van der Waals surface area contributed by atoms with E-state index in [4.69, 9.17) is 9.47 Å². The van der Waals surface area contributed by atoms with E-state index < -0.39 is 17.1 Å². The van der Waals surface area contributed by atoms with E-state index in [2.05, 4.69) is 32.1 Å². The lowest BCUT2D eigenvalue weighted by Gasteiger charge is -2.51. The zero-order valence-electron chi connectivity index (χ0n) is 18.7. The molecule has 0 aromatic carbocycles. The number of ether oxygens (including phenoxy) is 2. The number of carbonyl (C=O) groups is 2. The maximum absolute atomic E-state index is 13.3. The van der Waals surface area contributed by atoms with Gasteiger partial charge in [-0.05, 0) is 50.0 Å². The Bertz CT molecular complexity index is 760. The average molecular weight is 433 g/mol. The van der Waals surface area contributed by atoms with Crippen molar-refractivity contribution >= 4 is 11.9 Å². The number of fused-ring (bicyclic) bond motifs is 1. The van der Waals surface area contributed by atoms with Gasteiger partial charge in [0.15, 0.2) is 0 Å². The zero-order valence-corrected chi connectivity index (χ0v) is 18.7. The standard InChI is InChI=1S/C25H36O6/c1-16-4-7-21-18(12-16)6-5-17(2)25(21,31-23(29)24(15-26)9-3-10-24)11-8-20-13-19(27)14-22(28)30-20/h5-6,12,16-17,19-21,26-27H,3-4,7-11,13-15H2,1-2H3/t16-,17+,19?,20?,21-,25+/m1/s1. The van der Waals surface area contributed by atoms with Crippen molar-refractivity contribution in [1.29, 1.82) is 0 Å². The Morgan fingerprint density at radius 2 is 2.06 bits per heavy atom. The van der Waals surface area contributed by atoms with Crippen LogP contribution in [0.1, 0.15) is 71.6 Å². The molecule has 6 atom stereocenters. The molecule has 2 fully saturated rings. The monoisotopic (exact) mass is 432 g/mol. The van der Waals surface area contributed by atoms with E-state index in [1.54, 1.807) is 0 Å². The molecule has 0 radical (unpaired) electrons. The number of hydrogen-bond acceptors (Lipinski definition) is 6. The summed E-state index contributed by atoms with van der Waals surface area (Å²) in [5, 5.41) is 19.9. The topological polar surface area (TPSA) is 93.1 Å². The average Bonchev–Trinajstić information content (AvgIpc) is 2.68. The molecular formula is C25H36O6. The minimum absolute atomic E-state index is 0.00652. The summed E-state index contributed by atoms with van der Waals surface area (Å²) in [5.74, 6) is -0.0727. The highest BCUT2D eigenvalue weighted by atomic mass is 16.6. The van der Waals surface area contributed by atoms with Crippen LogP contribution in [-0.4, -0.2) is 46.6 Å². The van der Waals surface area contributed by atoms with Gasteiger partial charge >= 0.3 is 11.9 Å². The van der Waals surface area contributed by atoms with Gasteiger partial charge in [0.25, 0.3) is 0 Å². The molecule has 0 aromatic rings. The molecule has 0 aromatic heterocycles. The normalized spacial score (nSPS) is 39.0. The molecule has 6 nitrogen and oxygen atoms in total. The molecule has 1 saturated heterocycles. The summed E-state index contributed by atoms with van der Waals surface area (Å²) in [6.07, 6.45) is 11.4. The smallest absolute Gasteiger partial charge is 0.315 e. The van der Waals surface area contributed by atoms with E-state index in [-0.39, 0.29) is 42.9 Å². The molecule has 1 heterocycles. The largest absolute Gasteiger partial charge is 0.462 e. The first-order valence-electron chi connectivity index (χ1n) is 11.9. The maximum atomic E-state index is 13.3. The lowest BCUT2D eigenvalue weighted by atomic mass is 9.62. The van der Waals surface area contributed by atoms with E-state index in [1.165, 1.54) is 5.57 Å². The fourth-order valence-corrected chi connectivity index (χ4v) is 5.91. The molecule has 0 bridgehead atoms. The highest BCUT2D eigenvalue weighted by Crippen LogP contribution is 2.51. The van der Waals surface area contributed by atoms with Crippen LogP contribution in [0.5, 0.6) is 0 Å². The van der Waals surface area contributed by atoms with Crippen molar-refractivity contribution in [3.05, 3.63) is 23.8 Å². The molecule has 172 valence electrons. The summed E-state index contributed by atoms with van der Waals surface area (Å²) < 4.78 is 11.9. The van der Waals surface area contributed by atoms with Gasteiger partial charge in [0.2, 0.25) is 0 Å². The van der Waals surface area contributed by atoms with Crippen molar-refractivity contribution < 1.29 is 29.3 Å². The summed E-state index contributed by atoms with van der Waals surface area (Å²) in [5.41, 5.74) is -0.283. The Hall–Kier alpha value is -1.66. The zero-order chi connectivity index (χ0) is 22.2. The van der Waals surface area contributed by atoms with Crippen LogP contribution in [0, 0.1) is 23.2 Å². The van der Waals surface area contributed by atoms with Crippen LogP contribution in [0.25, 0.3) is 0 Å². The SMILES string of the molecule is C[C@H]1C=C2C=C[C@H](C)[C@](CCC3CC(O)CC(=O)O3)(OC(=O)C3(CO)CCC3)[C@@H]2CC1. The van der Waals surface area contributed by atoms with Gasteiger partial charge in [-0.15, -0.1) is 0 Å². The van der Waals surface area contributed by atoms with E-state index in [0.717, 1.165) is 19.3 Å². The predicted octanol–water partition coefficient (Wildman–Crippen LogP) is 3.46.